The van der Waals surface area contributed by atoms with Crippen LogP contribution in [0.15, 0.2) is 12.4 Å². The van der Waals surface area contributed by atoms with Crippen molar-refractivity contribution in [2.45, 2.75) is 51.7 Å². The van der Waals surface area contributed by atoms with Gasteiger partial charge in [0.2, 0.25) is 5.91 Å². The van der Waals surface area contributed by atoms with Gasteiger partial charge in [0.25, 0.3) is 0 Å². The summed E-state index contributed by atoms with van der Waals surface area (Å²) in [5, 5.41) is 7.36. The number of aromatic nitrogens is 2. The largest absolute Gasteiger partial charge is 0.375 e. The molecule has 6 heteroatoms. The fourth-order valence-electron chi connectivity index (χ4n) is 3.93. The summed E-state index contributed by atoms with van der Waals surface area (Å²) in [7, 11) is 1.95. The van der Waals surface area contributed by atoms with E-state index in [2.05, 4.69) is 28.4 Å². The molecule has 2 fully saturated rings. The van der Waals surface area contributed by atoms with E-state index in [0.717, 1.165) is 58.0 Å². The number of amides is 1. The number of aryl methyl sites for hydroxylation is 1. The van der Waals surface area contributed by atoms with Crippen molar-refractivity contribution in [3.8, 4) is 0 Å². The Morgan fingerprint density at radius 2 is 2.16 bits per heavy atom. The van der Waals surface area contributed by atoms with Crippen molar-refractivity contribution >= 4 is 5.91 Å². The van der Waals surface area contributed by atoms with Crippen LogP contribution in [-0.4, -0.2) is 52.9 Å². The molecule has 6 nitrogen and oxygen atoms in total. The molecule has 1 aromatic heterocycles. The second-order valence-electron chi connectivity index (χ2n) is 7.79. The highest BCUT2D eigenvalue weighted by molar-refractivity contribution is 5.78. The summed E-state index contributed by atoms with van der Waals surface area (Å²) in [5.41, 5.74) is 1.24. The molecule has 25 heavy (non-hydrogen) atoms. The molecule has 1 aromatic rings. The van der Waals surface area contributed by atoms with Gasteiger partial charge in [-0.1, -0.05) is 6.92 Å². The second-order valence-corrected chi connectivity index (χ2v) is 7.79. The number of nitrogens with zero attached hydrogens (tertiary/aromatic N) is 3. The van der Waals surface area contributed by atoms with Crippen LogP contribution in [0.2, 0.25) is 0 Å². The summed E-state index contributed by atoms with van der Waals surface area (Å²) in [6.45, 7) is 6.56. The molecule has 2 heterocycles. The van der Waals surface area contributed by atoms with Gasteiger partial charge in [-0.2, -0.15) is 5.10 Å². The third-order valence-corrected chi connectivity index (χ3v) is 5.54. The summed E-state index contributed by atoms with van der Waals surface area (Å²) < 4.78 is 7.72. The van der Waals surface area contributed by atoms with Gasteiger partial charge in [-0.15, -0.1) is 0 Å². The van der Waals surface area contributed by atoms with Crippen molar-refractivity contribution in [3.05, 3.63) is 18.0 Å². The van der Waals surface area contributed by atoms with E-state index in [4.69, 9.17) is 4.74 Å². The van der Waals surface area contributed by atoms with Crippen molar-refractivity contribution in [2.24, 2.45) is 18.9 Å². The van der Waals surface area contributed by atoms with Crippen LogP contribution >= 0.6 is 0 Å². The highest BCUT2D eigenvalue weighted by atomic mass is 16.5. The smallest absolute Gasteiger partial charge is 0.223 e. The first kappa shape index (κ1) is 18.4. The van der Waals surface area contributed by atoms with Crippen LogP contribution < -0.4 is 5.32 Å². The lowest BCUT2D eigenvalue weighted by Crippen LogP contribution is -2.43. The van der Waals surface area contributed by atoms with E-state index in [9.17, 15) is 4.79 Å². The molecule has 0 radical (unpaired) electrons. The predicted molar refractivity (Wildman–Crippen MR) is 97.0 cm³/mol. The lowest BCUT2D eigenvalue weighted by molar-refractivity contribution is -0.126. The third-order valence-electron chi connectivity index (χ3n) is 5.54. The van der Waals surface area contributed by atoms with Gasteiger partial charge in [-0.25, -0.2) is 0 Å². The van der Waals surface area contributed by atoms with Crippen molar-refractivity contribution in [2.75, 3.05) is 26.2 Å². The summed E-state index contributed by atoms with van der Waals surface area (Å²) in [5.74, 6) is 1.26. The van der Waals surface area contributed by atoms with E-state index in [1.54, 1.807) is 0 Å². The molecule has 1 N–H and O–H groups in total. The Kier molecular flexibility index (Phi) is 6.48. The number of morpholine rings is 1. The van der Waals surface area contributed by atoms with Gasteiger partial charge >= 0.3 is 0 Å². The monoisotopic (exact) mass is 348 g/mol. The maximum Gasteiger partial charge on any atom is 0.223 e. The van der Waals surface area contributed by atoms with Crippen LogP contribution in [0.4, 0.5) is 0 Å². The minimum Gasteiger partial charge on any atom is -0.375 e. The molecule has 2 aliphatic rings. The summed E-state index contributed by atoms with van der Waals surface area (Å²) >= 11 is 0. The minimum atomic E-state index is 0.206. The molecular weight excluding hydrogens is 316 g/mol. The SMILES string of the molecule is CC1CCC(C(=O)NCC[C@H]2CN(Cc3cnn(C)c3)CCO2)CC1. The van der Waals surface area contributed by atoms with Crippen LogP contribution in [0.3, 0.4) is 0 Å². The molecule has 0 bridgehead atoms. The first-order valence-electron chi connectivity index (χ1n) is 9.69. The van der Waals surface area contributed by atoms with Gasteiger partial charge in [-0.3, -0.25) is 14.4 Å². The van der Waals surface area contributed by atoms with Gasteiger partial charge in [0.15, 0.2) is 0 Å². The topological polar surface area (TPSA) is 59.4 Å². The summed E-state index contributed by atoms with van der Waals surface area (Å²) in [4.78, 5) is 14.7. The fraction of sp³-hybridized carbons (Fsp3) is 0.789. The zero-order chi connectivity index (χ0) is 17.6. The molecule has 1 atom stereocenters. The van der Waals surface area contributed by atoms with E-state index >= 15 is 0 Å². The Balaban J connectivity index is 1.35. The zero-order valence-electron chi connectivity index (χ0n) is 15.6. The fourth-order valence-corrected chi connectivity index (χ4v) is 3.93. The number of hydrogen-bond donors (Lipinski definition) is 1. The first-order valence-corrected chi connectivity index (χ1v) is 9.69. The normalized spacial score (nSPS) is 28.0. The molecule has 0 spiro atoms. The number of ether oxygens (including phenoxy) is 1. The van der Waals surface area contributed by atoms with Crippen molar-refractivity contribution in [1.29, 1.82) is 0 Å². The van der Waals surface area contributed by atoms with E-state index < -0.39 is 0 Å². The summed E-state index contributed by atoms with van der Waals surface area (Å²) in [6.07, 6.45) is 9.55. The van der Waals surface area contributed by atoms with Crippen molar-refractivity contribution < 1.29 is 9.53 Å². The Labute approximate surface area is 150 Å². The van der Waals surface area contributed by atoms with Crippen LogP contribution in [0.25, 0.3) is 0 Å². The number of hydrogen-bond acceptors (Lipinski definition) is 4. The molecule has 140 valence electrons. The molecular formula is C19H32N4O2. The lowest BCUT2D eigenvalue weighted by Gasteiger charge is -2.33. The summed E-state index contributed by atoms with van der Waals surface area (Å²) in [6, 6.07) is 0. The molecule has 1 saturated heterocycles. The van der Waals surface area contributed by atoms with Crippen LogP contribution in [-0.2, 0) is 23.1 Å². The zero-order valence-corrected chi connectivity index (χ0v) is 15.6. The van der Waals surface area contributed by atoms with Gasteiger partial charge in [0.05, 0.1) is 18.9 Å². The van der Waals surface area contributed by atoms with Crippen LogP contribution in [0.5, 0.6) is 0 Å². The Hall–Kier alpha value is -1.40. The van der Waals surface area contributed by atoms with Gasteiger partial charge < -0.3 is 10.1 Å². The highest BCUT2D eigenvalue weighted by Crippen LogP contribution is 2.28. The average molecular weight is 348 g/mol. The van der Waals surface area contributed by atoms with Crippen molar-refractivity contribution in [1.82, 2.24) is 20.0 Å². The van der Waals surface area contributed by atoms with Gasteiger partial charge in [-0.05, 0) is 38.0 Å². The van der Waals surface area contributed by atoms with E-state index in [0.29, 0.717) is 0 Å². The first-order chi connectivity index (χ1) is 12.1. The lowest BCUT2D eigenvalue weighted by atomic mass is 9.82. The van der Waals surface area contributed by atoms with Crippen LogP contribution in [0.1, 0.15) is 44.6 Å². The molecule has 1 amide bonds. The maximum absolute atomic E-state index is 12.3. The second kappa shape index (κ2) is 8.81. The third kappa shape index (κ3) is 5.54. The van der Waals surface area contributed by atoms with E-state index in [1.807, 2.05) is 17.9 Å². The number of carbonyl (C=O) groups is 1. The standard InChI is InChI=1S/C19H32N4O2/c1-15-3-5-17(6-4-15)19(24)20-8-7-18-14-23(9-10-25-18)13-16-11-21-22(2)12-16/h11-12,15,17-18H,3-10,13-14H2,1-2H3,(H,20,24)/t15?,17?,18-/m0/s1. The van der Waals surface area contributed by atoms with E-state index in [-0.39, 0.29) is 17.9 Å². The molecule has 0 unspecified atom stereocenters. The molecule has 1 saturated carbocycles. The quantitative estimate of drug-likeness (QED) is 0.854. The number of carbonyl (C=O) groups excluding carboxylic acids is 1. The Bertz CT molecular complexity index is 551. The Morgan fingerprint density at radius 1 is 1.36 bits per heavy atom. The number of rotatable bonds is 6. The molecule has 1 aliphatic carbocycles. The minimum absolute atomic E-state index is 0.206. The van der Waals surface area contributed by atoms with Crippen LogP contribution in [0, 0.1) is 11.8 Å². The molecule has 3 rings (SSSR count). The predicted octanol–water partition coefficient (Wildman–Crippen LogP) is 1.95. The van der Waals surface area contributed by atoms with Gasteiger partial charge in [0.1, 0.15) is 0 Å². The maximum atomic E-state index is 12.3. The molecule has 1 aliphatic heterocycles. The van der Waals surface area contributed by atoms with Crippen molar-refractivity contribution in [3.63, 3.8) is 0 Å². The van der Waals surface area contributed by atoms with Gasteiger partial charge in [0, 0.05) is 50.9 Å². The Morgan fingerprint density at radius 3 is 2.88 bits per heavy atom. The van der Waals surface area contributed by atoms with E-state index in [1.165, 1.54) is 18.4 Å². The number of nitrogens with one attached hydrogen (secondary N) is 1. The molecule has 0 aromatic carbocycles. The highest BCUT2D eigenvalue weighted by Gasteiger charge is 2.25. The average Bonchev–Trinajstić information content (AvgIpc) is 3.00.